The maximum absolute atomic E-state index is 5.30. The number of hydrogen-bond acceptors (Lipinski definition) is 6. The van der Waals surface area contributed by atoms with Crippen LogP contribution < -0.4 is 16.6 Å². The van der Waals surface area contributed by atoms with Crippen LogP contribution in [0, 0.1) is 0 Å². The number of halogens is 1. The summed E-state index contributed by atoms with van der Waals surface area (Å²) in [4.78, 5) is 8.06. The average Bonchev–Trinajstić information content (AvgIpc) is 2.31. The second-order valence-corrected chi connectivity index (χ2v) is 3.80. The van der Waals surface area contributed by atoms with Crippen LogP contribution in [-0.4, -0.2) is 29.7 Å². The molecule has 0 fully saturated rings. The maximum atomic E-state index is 5.30. The van der Waals surface area contributed by atoms with Gasteiger partial charge in [0.15, 0.2) is 5.82 Å². The van der Waals surface area contributed by atoms with Gasteiger partial charge in [0.25, 0.3) is 0 Å². The molecule has 4 N–H and O–H groups in total. The van der Waals surface area contributed by atoms with Gasteiger partial charge in [-0.2, -0.15) is 0 Å². The Labute approximate surface area is 103 Å². The molecule has 0 aliphatic carbocycles. The van der Waals surface area contributed by atoms with Crippen molar-refractivity contribution in [3.05, 3.63) is 10.8 Å². The molecule has 0 atom stereocenters. The SMILES string of the molecule is CCOCCCNc1ncnc(NN)c1Br. The summed E-state index contributed by atoms with van der Waals surface area (Å²) in [5.74, 6) is 6.58. The van der Waals surface area contributed by atoms with Gasteiger partial charge in [0.2, 0.25) is 0 Å². The van der Waals surface area contributed by atoms with Crippen LogP contribution in [0.5, 0.6) is 0 Å². The Kier molecular flexibility index (Phi) is 6.05. The van der Waals surface area contributed by atoms with Crippen LogP contribution in [-0.2, 0) is 4.74 Å². The minimum atomic E-state index is 0.558. The fourth-order valence-electron chi connectivity index (χ4n) is 1.12. The lowest BCUT2D eigenvalue weighted by Gasteiger charge is -2.09. The Morgan fingerprint density at radius 1 is 1.44 bits per heavy atom. The summed E-state index contributed by atoms with van der Waals surface area (Å²) in [5.41, 5.74) is 2.48. The first-order chi connectivity index (χ1) is 7.79. The van der Waals surface area contributed by atoms with Crippen LogP contribution >= 0.6 is 15.9 Å². The number of rotatable bonds is 7. The Hall–Kier alpha value is -0.920. The molecular weight excluding hydrogens is 274 g/mol. The van der Waals surface area contributed by atoms with E-state index in [2.05, 4.69) is 36.6 Å². The van der Waals surface area contributed by atoms with Crippen molar-refractivity contribution in [2.75, 3.05) is 30.5 Å². The predicted molar refractivity (Wildman–Crippen MR) is 67.1 cm³/mol. The van der Waals surface area contributed by atoms with E-state index in [4.69, 9.17) is 10.6 Å². The summed E-state index contributed by atoms with van der Waals surface area (Å²) in [7, 11) is 0. The number of anilines is 2. The van der Waals surface area contributed by atoms with Crippen LogP contribution in [0.25, 0.3) is 0 Å². The number of nitrogen functional groups attached to an aromatic ring is 1. The van der Waals surface area contributed by atoms with Crippen molar-refractivity contribution in [2.24, 2.45) is 5.84 Å². The highest BCUT2D eigenvalue weighted by Crippen LogP contribution is 2.25. The second kappa shape index (κ2) is 7.37. The normalized spacial score (nSPS) is 10.2. The van der Waals surface area contributed by atoms with E-state index in [1.807, 2.05) is 6.92 Å². The minimum absolute atomic E-state index is 0.558. The molecule has 0 aliphatic rings. The van der Waals surface area contributed by atoms with Gasteiger partial charge >= 0.3 is 0 Å². The van der Waals surface area contributed by atoms with Crippen LogP contribution in [0.1, 0.15) is 13.3 Å². The van der Waals surface area contributed by atoms with E-state index >= 15 is 0 Å². The van der Waals surface area contributed by atoms with Crippen molar-refractivity contribution < 1.29 is 4.74 Å². The fourth-order valence-corrected chi connectivity index (χ4v) is 1.58. The Balaban J connectivity index is 2.41. The van der Waals surface area contributed by atoms with Gasteiger partial charge in [-0.3, -0.25) is 0 Å². The van der Waals surface area contributed by atoms with Crippen LogP contribution in [0.4, 0.5) is 11.6 Å². The number of nitrogens with two attached hydrogens (primary N) is 1. The highest BCUT2D eigenvalue weighted by Gasteiger charge is 2.06. The number of ether oxygens (including phenoxy) is 1. The summed E-state index contributed by atoms with van der Waals surface area (Å²) in [6, 6.07) is 0. The zero-order chi connectivity index (χ0) is 11.8. The molecule has 0 saturated heterocycles. The van der Waals surface area contributed by atoms with E-state index in [0.29, 0.717) is 5.82 Å². The number of nitrogens with zero attached hydrogens (tertiary/aromatic N) is 2. The van der Waals surface area contributed by atoms with E-state index in [-0.39, 0.29) is 0 Å². The maximum Gasteiger partial charge on any atom is 0.159 e. The molecule has 1 aromatic heterocycles. The molecule has 0 spiro atoms. The van der Waals surface area contributed by atoms with E-state index in [1.165, 1.54) is 6.33 Å². The van der Waals surface area contributed by atoms with Gasteiger partial charge in [0.1, 0.15) is 16.6 Å². The molecular formula is C9H16BrN5O. The van der Waals surface area contributed by atoms with E-state index < -0.39 is 0 Å². The molecule has 0 bridgehead atoms. The lowest BCUT2D eigenvalue weighted by atomic mass is 10.4. The first kappa shape index (κ1) is 13.1. The molecule has 0 unspecified atom stereocenters. The van der Waals surface area contributed by atoms with Crippen LogP contribution in [0.3, 0.4) is 0 Å². The van der Waals surface area contributed by atoms with Gasteiger partial charge in [-0.25, -0.2) is 15.8 Å². The van der Waals surface area contributed by atoms with E-state index in [1.54, 1.807) is 0 Å². The number of nitrogens with one attached hydrogen (secondary N) is 2. The standard InChI is InChI=1S/C9H16BrN5O/c1-2-16-5-3-4-12-8-7(10)9(15-11)14-6-13-8/h6H,2-5,11H2,1H3,(H2,12,13,14,15). The number of aromatic nitrogens is 2. The highest BCUT2D eigenvalue weighted by molar-refractivity contribution is 9.10. The molecule has 0 radical (unpaired) electrons. The van der Waals surface area contributed by atoms with Gasteiger partial charge in [-0.1, -0.05) is 0 Å². The van der Waals surface area contributed by atoms with Crippen molar-refractivity contribution >= 4 is 27.6 Å². The molecule has 7 heteroatoms. The monoisotopic (exact) mass is 289 g/mol. The van der Waals surface area contributed by atoms with Gasteiger partial charge in [-0.15, -0.1) is 0 Å². The minimum Gasteiger partial charge on any atom is -0.382 e. The summed E-state index contributed by atoms with van der Waals surface area (Å²) in [6.45, 7) is 4.26. The van der Waals surface area contributed by atoms with Crippen molar-refractivity contribution in [3.8, 4) is 0 Å². The second-order valence-electron chi connectivity index (χ2n) is 3.01. The zero-order valence-electron chi connectivity index (χ0n) is 9.16. The van der Waals surface area contributed by atoms with Crippen molar-refractivity contribution in [3.63, 3.8) is 0 Å². The van der Waals surface area contributed by atoms with E-state index in [9.17, 15) is 0 Å². The highest BCUT2D eigenvalue weighted by atomic mass is 79.9. The predicted octanol–water partition coefficient (Wildman–Crippen LogP) is 1.36. The third-order valence-electron chi connectivity index (χ3n) is 1.89. The fraction of sp³-hybridized carbons (Fsp3) is 0.556. The van der Waals surface area contributed by atoms with Crippen LogP contribution in [0.2, 0.25) is 0 Å². The summed E-state index contributed by atoms with van der Waals surface area (Å²) < 4.78 is 5.96. The zero-order valence-corrected chi connectivity index (χ0v) is 10.7. The number of hydrogen-bond donors (Lipinski definition) is 3. The van der Waals surface area contributed by atoms with Crippen molar-refractivity contribution in [1.82, 2.24) is 9.97 Å². The lowest BCUT2D eigenvalue weighted by Crippen LogP contribution is -2.12. The van der Waals surface area contributed by atoms with Gasteiger partial charge in [0.05, 0.1) is 0 Å². The molecule has 0 saturated carbocycles. The topological polar surface area (TPSA) is 85.1 Å². The van der Waals surface area contributed by atoms with Gasteiger partial charge in [0, 0.05) is 19.8 Å². The average molecular weight is 290 g/mol. The van der Waals surface area contributed by atoms with Crippen molar-refractivity contribution in [1.29, 1.82) is 0 Å². The molecule has 1 rings (SSSR count). The first-order valence-electron chi connectivity index (χ1n) is 5.08. The molecule has 0 aromatic carbocycles. The Morgan fingerprint density at radius 2 is 2.19 bits per heavy atom. The van der Waals surface area contributed by atoms with E-state index in [0.717, 1.165) is 36.5 Å². The third-order valence-corrected chi connectivity index (χ3v) is 2.64. The van der Waals surface area contributed by atoms with Crippen molar-refractivity contribution in [2.45, 2.75) is 13.3 Å². The molecule has 6 nitrogen and oxygen atoms in total. The Bertz CT molecular complexity index is 323. The molecule has 0 amide bonds. The summed E-state index contributed by atoms with van der Waals surface area (Å²) in [5, 5.41) is 3.17. The number of hydrazine groups is 1. The molecule has 90 valence electrons. The molecule has 1 heterocycles. The smallest absolute Gasteiger partial charge is 0.159 e. The largest absolute Gasteiger partial charge is 0.382 e. The van der Waals surface area contributed by atoms with Crippen LogP contribution in [0.15, 0.2) is 10.8 Å². The lowest BCUT2D eigenvalue weighted by molar-refractivity contribution is 0.147. The molecule has 16 heavy (non-hydrogen) atoms. The molecule has 1 aromatic rings. The Morgan fingerprint density at radius 3 is 2.88 bits per heavy atom. The quantitative estimate of drug-likeness (QED) is 0.399. The first-order valence-corrected chi connectivity index (χ1v) is 5.87. The molecule has 0 aliphatic heterocycles. The third kappa shape index (κ3) is 3.92. The van der Waals surface area contributed by atoms with Gasteiger partial charge in [-0.05, 0) is 29.3 Å². The summed E-state index contributed by atoms with van der Waals surface area (Å²) >= 11 is 3.36. The summed E-state index contributed by atoms with van der Waals surface area (Å²) in [6.07, 6.45) is 2.38. The van der Waals surface area contributed by atoms with Gasteiger partial charge < -0.3 is 15.5 Å².